The SMILES string of the molecule is CC1(C)CCC(NS(=O)(=O)c2cc(CO)sc2Br)C1. The normalized spacial score (nSPS) is 22.8. The summed E-state index contributed by atoms with van der Waals surface area (Å²) in [5, 5.41) is 9.07. The van der Waals surface area contributed by atoms with Gasteiger partial charge in [0, 0.05) is 10.9 Å². The lowest BCUT2D eigenvalue weighted by Gasteiger charge is -2.17. The molecule has 0 spiro atoms. The maximum atomic E-state index is 12.3. The first kappa shape index (κ1) is 15.4. The van der Waals surface area contributed by atoms with Crippen molar-refractivity contribution in [3.8, 4) is 0 Å². The third-order valence-corrected chi connectivity index (χ3v) is 7.20. The van der Waals surface area contributed by atoms with E-state index in [4.69, 9.17) is 5.11 Å². The van der Waals surface area contributed by atoms with E-state index in [1.165, 1.54) is 17.4 Å². The Bertz CT molecular complexity index is 566. The van der Waals surface area contributed by atoms with Crippen molar-refractivity contribution < 1.29 is 13.5 Å². The fourth-order valence-electron chi connectivity index (χ4n) is 2.48. The van der Waals surface area contributed by atoms with Gasteiger partial charge in [-0.2, -0.15) is 0 Å². The summed E-state index contributed by atoms with van der Waals surface area (Å²) in [7, 11) is -3.51. The van der Waals surface area contributed by atoms with E-state index < -0.39 is 10.0 Å². The van der Waals surface area contributed by atoms with Crippen LogP contribution in [-0.4, -0.2) is 19.6 Å². The second-order valence-electron chi connectivity index (χ2n) is 5.73. The molecule has 19 heavy (non-hydrogen) atoms. The van der Waals surface area contributed by atoms with Gasteiger partial charge >= 0.3 is 0 Å². The first-order valence-corrected chi connectivity index (χ1v) is 9.24. The summed E-state index contributed by atoms with van der Waals surface area (Å²) in [6, 6.07) is 1.53. The number of rotatable bonds is 4. The molecule has 1 heterocycles. The zero-order chi connectivity index (χ0) is 14.3. The highest BCUT2D eigenvalue weighted by molar-refractivity contribution is 9.11. The smallest absolute Gasteiger partial charge is 0.242 e. The lowest BCUT2D eigenvalue weighted by Crippen LogP contribution is -2.33. The maximum absolute atomic E-state index is 12.3. The molecule has 1 aliphatic rings. The Balaban J connectivity index is 2.16. The topological polar surface area (TPSA) is 66.4 Å². The largest absolute Gasteiger partial charge is 0.391 e. The highest BCUT2D eigenvalue weighted by Crippen LogP contribution is 2.38. The Labute approximate surface area is 126 Å². The molecule has 4 nitrogen and oxygen atoms in total. The number of aliphatic hydroxyl groups is 1. The van der Waals surface area contributed by atoms with Crippen molar-refractivity contribution in [1.29, 1.82) is 0 Å². The van der Waals surface area contributed by atoms with Crippen LogP contribution in [0.5, 0.6) is 0 Å². The Morgan fingerprint density at radius 3 is 2.74 bits per heavy atom. The molecule has 1 aromatic heterocycles. The van der Waals surface area contributed by atoms with Gasteiger partial charge < -0.3 is 5.11 Å². The van der Waals surface area contributed by atoms with Crippen LogP contribution in [0.4, 0.5) is 0 Å². The Kier molecular flexibility index (Phi) is 4.42. The van der Waals surface area contributed by atoms with Gasteiger partial charge in [-0.15, -0.1) is 11.3 Å². The molecule has 7 heteroatoms. The third kappa shape index (κ3) is 3.58. The molecule has 1 unspecified atom stereocenters. The zero-order valence-corrected chi connectivity index (χ0v) is 14.2. The Hall–Kier alpha value is 0.0500. The average Bonchev–Trinajstić information content (AvgIpc) is 2.81. The van der Waals surface area contributed by atoms with Crippen molar-refractivity contribution in [2.45, 2.75) is 50.7 Å². The molecule has 2 rings (SSSR count). The number of sulfonamides is 1. The van der Waals surface area contributed by atoms with Crippen LogP contribution in [0, 0.1) is 5.41 Å². The zero-order valence-electron chi connectivity index (χ0n) is 10.9. The number of thiophene rings is 1. The van der Waals surface area contributed by atoms with E-state index in [2.05, 4.69) is 34.5 Å². The van der Waals surface area contributed by atoms with E-state index in [1.54, 1.807) is 0 Å². The number of nitrogens with one attached hydrogen (secondary N) is 1. The standard InChI is InChI=1S/C12H18BrNO3S2/c1-12(2)4-3-8(6-12)14-19(16,17)10-5-9(7-15)18-11(10)13/h5,8,14-15H,3-4,6-7H2,1-2H3. The van der Waals surface area contributed by atoms with E-state index in [0.717, 1.165) is 19.3 Å². The molecular formula is C12H18BrNO3S2. The van der Waals surface area contributed by atoms with Crippen LogP contribution in [-0.2, 0) is 16.6 Å². The first-order valence-electron chi connectivity index (χ1n) is 6.15. The molecule has 108 valence electrons. The molecular weight excluding hydrogens is 350 g/mol. The molecule has 1 fully saturated rings. The van der Waals surface area contributed by atoms with Gasteiger partial charge in [-0.25, -0.2) is 13.1 Å². The predicted molar refractivity (Wildman–Crippen MR) is 79.7 cm³/mol. The van der Waals surface area contributed by atoms with Crippen LogP contribution < -0.4 is 4.72 Å². The van der Waals surface area contributed by atoms with Crippen LogP contribution in [0.3, 0.4) is 0 Å². The first-order chi connectivity index (χ1) is 8.73. The average molecular weight is 368 g/mol. The van der Waals surface area contributed by atoms with Crippen molar-refractivity contribution in [1.82, 2.24) is 4.72 Å². The monoisotopic (exact) mass is 367 g/mol. The van der Waals surface area contributed by atoms with Crippen molar-refractivity contribution >= 4 is 37.3 Å². The van der Waals surface area contributed by atoms with Gasteiger partial charge in [0.05, 0.1) is 10.4 Å². The van der Waals surface area contributed by atoms with Crippen LogP contribution in [0.1, 0.15) is 38.0 Å². The van der Waals surface area contributed by atoms with E-state index in [1.807, 2.05) is 0 Å². The molecule has 0 aromatic carbocycles. The number of hydrogen-bond donors (Lipinski definition) is 2. The second kappa shape index (κ2) is 5.44. The highest BCUT2D eigenvalue weighted by atomic mass is 79.9. The highest BCUT2D eigenvalue weighted by Gasteiger charge is 2.34. The quantitative estimate of drug-likeness (QED) is 0.859. The number of hydrogen-bond acceptors (Lipinski definition) is 4. The number of halogens is 1. The number of aliphatic hydroxyl groups excluding tert-OH is 1. The summed E-state index contributed by atoms with van der Waals surface area (Å²) in [5.74, 6) is 0. The fourth-order valence-corrected chi connectivity index (χ4v) is 6.29. The van der Waals surface area contributed by atoms with Gasteiger partial charge in [0.15, 0.2) is 0 Å². The van der Waals surface area contributed by atoms with Gasteiger partial charge in [0.1, 0.15) is 4.90 Å². The molecule has 0 radical (unpaired) electrons. The molecule has 1 atom stereocenters. The molecule has 0 saturated heterocycles. The molecule has 0 bridgehead atoms. The van der Waals surface area contributed by atoms with Crippen molar-refractivity contribution in [3.63, 3.8) is 0 Å². The Morgan fingerprint density at radius 2 is 2.26 bits per heavy atom. The summed E-state index contributed by atoms with van der Waals surface area (Å²) in [4.78, 5) is 0.866. The summed E-state index contributed by atoms with van der Waals surface area (Å²) in [6.45, 7) is 4.17. The summed E-state index contributed by atoms with van der Waals surface area (Å²) in [6.07, 6.45) is 2.77. The van der Waals surface area contributed by atoms with Gasteiger partial charge in [-0.3, -0.25) is 0 Å². The molecule has 0 aliphatic heterocycles. The van der Waals surface area contributed by atoms with Crippen molar-refractivity contribution in [3.05, 3.63) is 14.7 Å². The minimum atomic E-state index is -3.51. The molecule has 0 amide bonds. The van der Waals surface area contributed by atoms with Crippen molar-refractivity contribution in [2.75, 3.05) is 0 Å². The van der Waals surface area contributed by atoms with Crippen LogP contribution in [0.25, 0.3) is 0 Å². The van der Waals surface area contributed by atoms with E-state index >= 15 is 0 Å². The molecule has 1 aliphatic carbocycles. The van der Waals surface area contributed by atoms with Crippen LogP contribution in [0.15, 0.2) is 14.7 Å². The summed E-state index contributed by atoms with van der Waals surface area (Å²) in [5.41, 5.74) is 0.204. The van der Waals surface area contributed by atoms with Gasteiger partial charge in [-0.05, 0) is 46.7 Å². The van der Waals surface area contributed by atoms with E-state index in [9.17, 15) is 8.42 Å². The summed E-state index contributed by atoms with van der Waals surface area (Å²) < 4.78 is 28.0. The molecule has 2 N–H and O–H groups in total. The summed E-state index contributed by atoms with van der Waals surface area (Å²) >= 11 is 4.50. The van der Waals surface area contributed by atoms with Crippen LogP contribution >= 0.6 is 27.3 Å². The van der Waals surface area contributed by atoms with Crippen molar-refractivity contribution in [2.24, 2.45) is 5.41 Å². The minimum absolute atomic E-state index is 0.00405. The fraction of sp³-hybridized carbons (Fsp3) is 0.667. The second-order valence-corrected chi connectivity index (χ2v) is 9.87. The lowest BCUT2D eigenvalue weighted by molar-refractivity contribution is 0.285. The van der Waals surface area contributed by atoms with Gasteiger partial charge in [-0.1, -0.05) is 13.8 Å². The van der Waals surface area contributed by atoms with E-state index in [0.29, 0.717) is 8.66 Å². The van der Waals surface area contributed by atoms with Crippen LogP contribution in [0.2, 0.25) is 0 Å². The molecule has 1 aromatic rings. The van der Waals surface area contributed by atoms with Gasteiger partial charge in [0.25, 0.3) is 0 Å². The van der Waals surface area contributed by atoms with Gasteiger partial charge in [0.2, 0.25) is 10.0 Å². The minimum Gasteiger partial charge on any atom is -0.391 e. The lowest BCUT2D eigenvalue weighted by atomic mass is 9.92. The molecule has 1 saturated carbocycles. The van der Waals surface area contributed by atoms with E-state index in [-0.39, 0.29) is 23.0 Å². The Morgan fingerprint density at radius 1 is 1.58 bits per heavy atom. The maximum Gasteiger partial charge on any atom is 0.242 e. The third-order valence-electron chi connectivity index (χ3n) is 3.44. The predicted octanol–water partition coefficient (Wildman–Crippen LogP) is 2.86.